The van der Waals surface area contributed by atoms with Gasteiger partial charge in [0.1, 0.15) is 11.6 Å². The summed E-state index contributed by atoms with van der Waals surface area (Å²) in [6.45, 7) is 4.60. The van der Waals surface area contributed by atoms with Gasteiger partial charge in [-0.25, -0.2) is 4.39 Å². The maximum absolute atomic E-state index is 13.4. The third kappa shape index (κ3) is 4.77. The highest BCUT2D eigenvalue weighted by molar-refractivity contribution is 5.80. The van der Waals surface area contributed by atoms with E-state index < -0.39 is 0 Å². The molecule has 1 aromatic carbocycles. The Bertz CT molecular complexity index is 729. The molecule has 2 N–H and O–H groups in total. The minimum atomic E-state index is -0.181. The number of guanidine groups is 1. The lowest BCUT2D eigenvalue weighted by atomic mass is 10.0. The number of anilines is 1. The lowest BCUT2D eigenvalue weighted by molar-refractivity contribution is 0.466. The van der Waals surface area contributed by atoms with Crippen LogP contribution in [0, 0.1) is 12.7 Å². The summed E-state index contributed by atoms with van der Waals surface area (Å²) < 4.78 is 18.7. The number of furan rings is 1. The van der Waals surface area contributed by atoms with Crippen molar-refractivity contribution in [2.75, 3.05) is 31.6 Å². The van der Waals surface area contributed by atoms with Gasteiger partial charge in [0.15, 0.2) is 5.96 Å². The number of halogens is 1. The Morgan fingerprint density at radius 2 is 2.27 bits per heavy atom. The third-order valence-corrected chi connectivity index (χ3v) is 4.73. The van der Waals surface area contributed by atoms with Crippen LogP contribution in [0.15, 0.2) is 46.0 Å². The number of benzene rings is 1. The van der Waals surface area contributed by atoms with Gasteiger partial charge in [0.25, 0.3) is 0 Å². The second kappa shape index (κ2) is 8.74. The maximum Gasteiger partial charge on any atom is 0.191 e. The minimum Gasteiger partial charge on any atom is -0.469 e. The molecule has 2 aromatic rings. The summed E-state index contributed by atoms with van der Waals surface area (Å²) >= 11 is 0. The zero-order valence-corrected chi connectivity index (χ0v) is 15.5. The van der Waals surface area contributed by atoms with E-state index in [1.165, 1.54) is 6.07 Å². The Morgan fingerprint density at radius 3 is 3.00 bits per heavy atom. The molecule has 1 unspecified atom stereocenters. The standard InChI is InChI=1S/C20H27FN4O/c1-15-13-16(21)7-8-19(15)25-11-3-5-17(14-25)24-20(22-2)23-10-9-18-6-4-12-26-18/h4,6-8,12-13,17H,3,5,9-11,14H2,1-2H3,(H2,22,23,24). The van der Waals surface area contributed by atoms with Crippen molar-refractivity contribution in [1.82, 2.24) is 10.6 Å². The van der Waals surface area contributed by atoms with E-state index >= 15 is 0 Å². The number of aryl methyl sites for hydroxylation is 1. The van der Waals surface area contributed by atoms with Gasteiger partial charge < -0.3 is 20.0 Å². The van der Waals surface area contributed by atoms with Crippen molar-refractivity contribution in [1.29, 1.82) is 0 Å². The number of rotatable bonds is 5. The van der Waals surface area contributed by atoms with Crippen LogP contribution in [-0.2, 0) is 6.42 Å². The third-order valence-electron chi connectivity index (χ3n) is 4.73. The van der Waals surface area contributed by atoms with Gasteiger partial charge in [-0.2, -0.15) is 0 Å². The molecule has 1 aliphatic rings. The van der Waals surface area contributed by atoms with Gasteiger partial charge in [0.05, 0.1) is 6.26 Å². The van der Waals surface area contributed by atoms with Gasteiger partial charge in [-0.1, -0.05) is 0 Å². The molecule has 0 bridgehead atoms. The lowest BCUT2D eigenvalue weighted by Gasteiger charge is -2.36. The summed E-state index contributed by atoms with van der Waals surface area (Å²) in [5.41, 5.74) is 2.09. The van der Waals surface area contributed by atoms with Gasteiger partial charge in [0.2, 0.25) is 0 Å². The highest BCUT2D eigenvalue weighted by Crippen LogP contribution is 2.24. The first-order chi connectivity index (χ1) is 12.7. The summed E-state index contributed by atoms with van der Waals surface area (Å²) in [4.78, 5) is 6.65. The number of hydrogen-bond donors (Lipinski definition) is 2. The number of nitrogens with one attached hydrogen (secondary N) is 2. The van der Waals surface area contributed by atoms with Crippen molar-refractivity contribution in [2.45, 2.75) is 32.2 Å². The number of nitrogens with zero attached hydrogens (tertiary/aromatic N) is 2. The average Bonchev–Trinajstić information content (AvgIpc) is 3.14. The van der Waals surface area contributed by atoms with Crippen molar-refractivity contribution >= 4 is 11.6 Å². The molecule has 0 saturated carbocycles. The van der Waals surface area contributed by atoms with Crippen LogP contribution < -0.4 is 15.5 Å². The van der Waals surface area contributed by atoms with E-state index in [-0.39, 0.29) is 5.82 Å². The minimum absolute atomic E-state index is 0.181. The second-order valence-electron chi connectivity index (χ2n) is 6.69. The molecule has 1 saturated heterocycles. The first kappa shape index (κ1) is 18.3. The summed E-state index contributed by atoms with van der Waals surface area (Å²) in [5.74, 6) is 1.59. The maximum atomic E-state index is 13.4. The van der Waals surface area contributed by atoms with Crippen LogP contribution in [0.3, 0.4) is 0 Å². The Labute approximate surface area is 154 Å². The van der Waals surface area contributed by atoms with Crippen LogP contribution in [0.2, 0.25) is 0 Å². The molecule has 1 atom stereocenters. The molecule has 0 spiro atoms. The predicted molar refractivity (Wildman–Crippen MR) is 103 cm³/mol. The van der Waals surface area contributed by atoms with Crippen molar-refractivity contribution in [3.8, 4) is 0 Å². The zero-order valence-electron chi connectivity index (χ0n) is 15.5. The monoisotopic (exact) mass is 358 g/mol. The summed E-state index contributed by atoms with van der Waals surface area (Å²) in [6, 6.07) is 9.20. The largest absolute Gasteiger partial charge is 0.469 e. The van der Waals surface area contributed by atoms with E-state index in [1.54, 1.807) is 19.4 Å². The first-order valence-electron chi connectivity index (χ1n) is 9.16. The molecule has 1 aromatic heterocycles. The van der Waals surface area contributed by atoms with Crippen LogP contribution in [0.5, 0.6) is 0 Å². The predicted octanol–water partition coefficient (Wildman–Crippen LogP) is 3.10. The molecule has 0 aliphatic carbocycles. The number of aliphatic imine (C=N–C) groups is 1. The quantitative estimate of drug-likeness (QED) is 0.637. The Balaban J connectivity index is 1.53. The molecule has 2 heterocycles. The Kier molecular flexibility index (Phi) is 6.15. The SMILES string of the molecule is CN=C(NCCc1ccco1)NC1CCCN(c2ccc(F)cc2C)C1. The van der Waals surface area contributed by atoms with Crippen LogP contribution in [-0.4, -0.2) is 38.7 Å². The van der Waals surface area contributed by atoms with E-state index in [0.717, 1.165) is 61.9 Å². The fraction of sp³-hybridized carbons (Fsp3) is 0.450. The van der Waals surface area contributed by atoms with Gasteiger partial charge in [-0.05, 0) is 55.7 Å². The second-order valence-corrected chi connectivity index (χ2v) is 6.69. The van der Waals surface area contributed by atoms with Gasteiger partial charge in [0, 0.05) is 44.8 Å². The van der Waals surface area contributed by atoms with E-state index in [0.29, 0.717) is 6.04 Å². The van der Waals surface area contributed by atoms with Gasteiger partial charge >= 0.3 is 0 Å². The van der Waals surface area contributed by atoms with Crippen molar-refractivity contribution in [2.24, 2.45) is 4.99 Å². The molecule has 140 valence electrons. The molecule has 0 amide bonds. The van der Waals surface area contributed by atoms with Gasteiger partial charge in [-0.15, -0.1) is 0 Å². The van der Waals surface area contributed by atoms with E-state index in [1.807, 2.05) is 25.1 Å². The van der Waals surface area contributed by atoms with Crippen molar-refractivity contribution < 1.29 is 8.81 Å². The fourth-order valence-electron chi connectivity index (χ4n) is 3.43. The first-order valence-corrected chi connectivity index (χ1v) is 9.16. The molecule has 1 fully saturated rings. The molecule has 6 heteroatoms. The lowest BCUT2D eigenvalue weighted by Crippen LogP contribution is -2.51. The van der Waals surface area contributed by atoms with Crippen molar-refractivity contribution in [3.05, 3.63) is 53.7 Å². The van der Waals surface area contributed by atoms with E-state index in [4.69, 9.17) is 4.42 Å². The highest BCUT2D eigenvalue weighted by Gasteiger charge is 2.22. The van der Waals surface area contributed by atoms with E-state index in [2.05, 4.69) is 20.5 Å². The normalized spacial score (nSPS) is 18.0. The molecule has 26 heavy (non-hydrogen) atoms. The molecular formula is C20H27FN4O. The topological polar surface area (TPSA) is 52.8 Å². The van der Waals surface area contributed by atoms with Crippen LogP contribution >= 0.6 is 0 Å². The molecule has 1 aliphatic heterocycles. The fourth-order valence-corrected chi connectivity index (χ4v) is 3.43. The highest BCUT2D eigenvalue weighted by atomic mass is 19.1. The van der Waals surface area contributed by atoms with E-state index in [9.17, 15) is 4.39 Å². The summed E-state index contributed by atoms with van der Waals surface area (Å²) in [7, 11) is 1.78. The Morgan fingerprint density at radius 1 is 1.38 bits per heavy atom. The summed E-state index contributed by atoms with van der Waals surface area (Å²) in [6.07, 6.45) is 4.70. The van der Waals surface area contributed by atoms with Crippen molar-refractivity contribution in [3.63, 3.8) is 0 Å². The smallest absolute Gasteiger partial charge is 0.191 e. The number of piperidine rings is 1. The molecule has 0 radical (unpaired) electrons. The van der Waals surface area contributed by atoms with Gasteiger partial charge in [-0.3, -0.25) is 4.99 Å². The average molecular weight is 358 g/mol. The van der Waals surface area contributed by atoms with Crippen LogP contribution in [0.25, 0.3) is 0 Å². The van der Waals surface area contributed by atoms with Crippen LogP contribution in [0.1, 0.15) is 24.2 Å². The number of hydrogen-bond acceptors (Lipinski definition) is 3. The molecular weight excluding hydrogens is 331 g/mol. The molecule has 3 rings (SSSR count). The molecule has 5 nitrogen and oxygen atoms in total. The van der Waals surface area contributed by atoms with Crippen LogP contribution in [0.4, 0.5) is 10.1 Å². The Hall–Kier alpha value is -2.50. The zero-order chi connectivity index (χ0) is 18.4. The summed E-state index contributed by atoms with van der Waals surface area (Å²) in [5, 5.41) is 6.85.